The first-order valence-corrected chi connectivity index (χ1v) is 8.40. The van der Waals surface area contributed by atoms with E-state index in [1.165, 1.54) is 37.8 Å². The molecule has 0 amide bonds. The third kappa shape index (κ3) is 3.76. The Balaban J connectivity index is 2.05. The van der Waals surface area contributed by atoms with Crippen molar-refractivity contribution in [3.8, 4) is 0 Å². The van der Waals surface area contributed by atoms with Crippen molar-refractivity contribution >= 4 is 11.6 Å². The number of halogens is 1. The summed E-state index contributed by atoms with van der Waals surface area (Å²) in [6, 6.07) is 0. The highest BCUT2D eigenvalue weighted by atomic mass is 35.5. The van der Waals surface area contributed by atoms with Crippen LogP contribution in [0.4, 0.5) is 0 Å². The Morgan fingerprint density at radius 3 is 2.65 bits per heavy atom. The van der Waals surface area contributed by atoms with Gasteiger partial charge in [0.15, 0.2) is 0 Å². The summed E-state index contributed by atoms with van der Waals surface area (Å²) in [5.74, 6) is 1.54. The van der Waals surface area contributed by atoms with Crippen LogP contribution in [0.5, 0.6) is 0 Å². The van der Waals surface area contributed by atoms with Crippen LogP contribution >= 0.6 is 11.6 Å². The molecule has 1 aromatic rings. The van der Waals surface area contributed by atoms with Crippen molar-refractivity contribution in [1.29, 1.82) is 0 Å². The highest BCUT2D eigenvalue weighted by molar-refractivity contribution is 6.31. The van der Waals surface area contributed by atoms with Crippen LogP contribution in [0.3, 0.4) is 0 Å². The fourth-order valence-corrected chi connectivity index (χ4v) is 3.69. The first-order valence-electron chi connectivity index (χ1n) is 8.02. The van der Waals surface area contributed by atoms with Crippen molar-refractivity contribution in [2.24, 2.45) is 18.9 Å². The Kier molecular flexibility index (Phi) is 5.91. The minimum absolute atomic E-state index is 0.691. The van der Waals surface area contributed by atoms with Crippen LogP contribution in [0, 0.1) is 18.8 Å². The van der Waals surface area contributed by atoms with E-state index in [2.05, 4.69) is 17.3 Å². The SMILES string of the molecule is CCCNCC(Cc1c(Cl)c(C)nn1C)C1CCCC1. The molecule has 0 bridgehead atoms. The number of hydrogen-bond acceptors (Lipinski definition) is 2. The highest BCUT2D eigenvalue weighted by Crippen LogP contribution is 2.34. The van der Waals surface area contributed by atoms with Gasteiger partial charge >= 0.3 is 0 Å². The van der Waals surface area contributed by atoms with E-state index in [1.807, 2.05) is 18.7 Å². The van der Waals surface area contributed by atoms with Gasteiger partial charge in [-0.2, -0.15) is 5.10 Å². The highest BCUT2D eigenvalue weighted by Gasteiger charge is 2.27. The lowest BCUT2D eigenvalue weighted by molar-refractivity contribution is 0.316. The average molecular weight is 298 g/mol. The Labute approximate surface area is 128 Å². The predicted molar refractivity (Wildman–Crippen MR) is 85.3 cm³/mol. The molecular weight excluding hydrogens is 270 g/mol. The second kappa shape index (κ2) is 7.46. The topological polar surface area (TPSA) is 29.9 Å². The molecule has 0 aromatic carbocycles. The largest absolute Gasteiger partial charge is 0.316 e. The zero-order chi connectivity index (χ0) is 14.5. The van der Waals surface area contributed by atoms with Crippen LogP contribution in [-0.4, -0.2) is 22.9 Å². The lowest BCUT2D eigenvalue weighted by Gasteiger charge is -2.24. The van der Waals surface area contributed by atoms with Crippen LogP contribution in [0.2, 0.25) is 5.02 Å². The van der Waals surface area contributed by atoms with Crippen LogP contribution < -0.4 is 5.32 Å². The summed E-state index contributed by atoms with van der Waals surface area (Å²) < 4.78 is 1.97. The summed E-state index contributed by atoms with van der Waals surface area (Å²) >= 11 is 6.42. The van der Waals surface area contributed by atoms with Crippen molar-refractivity contribution in [2.45, 2.75) is 52.4 Å². The summed E-state index contributed by atoms with van der Waals surface area (Å²) in [5, 5.41) is 8.92. The Morgan fingerprint density at radius 1 is 1.40 bits per heavy atom. The maximum Gasteiger partial charge on any atom is 0.0847 e. The molecule has 1 atom stereocenters. The third-order valence-electron chi connectivity index (χ3n) is 4.62. The number of rotatable bonds is 7. The van der Waals surface area contributed by atoms with Crippen molar-refractivity contribution in [2.75, 3.05) is 13.1 Å². The number of nitrogens with one attached hydrogen (secondary N) is 1. The third-order valence-corrected chi connectivity index (χ3v) is 5.11. The molecule has 1 aromatic heterocycles. The standard InChI is InChI=1S/C16H28ClN3/c1-4-9-18-11-14(13-7-5-6-8-13)10-15-16(17)12(2)19-20(15)3/h13-14,18H,4-11H2,1-3H3. The predicted octanol–water partition coefficient (Wildman–Crippen LogP) is 3.73. The molecule has 114 valence electrons. The Hall–Kier alpha value is -0.540. The fraction of sp³-hybridized carbons (Fsp3) is 0.812. The first-order chi connectivity index (χ1) is 9.63. The summed E-state index contributed by atoms with van der Waals surface area (Å²) in [6.07, 6.45) is 7.81. The van der Waals surface area contributed by atoms with E-state index in [4.69, 9.17) is 11.6 Å². The van der Waals surface area contributed by atoms with Crippen molar-refractivity contribution in [3.63, 3.8) is 0 Å². The Morgan fingerprint density at radius 2 is 2.10 bits per heavy atom. The van der Waals surface area contributed by atoms with E-state index in [9.17, 15) is 0 Å². The fourth-order valence-electron chi connectivity index (χ4n) is 3.45. The van der Waals surface area contributed by atoms with E-state index < -0.39 is 0 Å². The smallest absolute Gasteiger partial charge is 0.0847 e. The van der Waals surface area contributed by atoms with Gasteiger partial charge in [-0.25, -0.2) is 0 Å². The van der Waals surface area contributed by atoms with Crippen molar-refractivity contribution in [3.05, 3.63) is 16.4 Å². The second-order valence-electron chi connectivity index (χ2n) is 6.18. The molecular formula is C16H28ClN3. The van der Waals surface area contributed by atoms with Crippen molar-refractivity contribution < 1.29 is 0 Å². The number of aryl methyl sites for hydroxylation is 2. The molecule has 3 nitrogen and oxygen atoms in total. The van der Waals surface area contributed by atoms with E-state index >= 15 is 0 Å². The van der Waals surface area contributed by atoms with Gasteiger partial charge in [-0.1, -0.05) is 44.2 Å². The number of nitrogens with zero attached hydrogens (tertiary/aromatic N) is 2. The number of aromatic nitrogens is 2. The second-order valence-corrected chi connectivity index (χ2v) is 6.56. The lowest BCUT2D eigenvalue weighted by Crippen LogP contribution is -2.30. The van der Waals surface area contributed by atoms with Crippen molar-refractivity contribution in [1.82, 2.24) is 15.1 Å². The summed E-state index contributed by atoms with van der Waals surface area (Å²) in [5.41, 5.74) is 2.16. The zero-order valence-electron chi connectivity index (χ0n) is 13.1. The molecule has 1 unspecified atom stereocenters. The average Bonchev–Trinajstić information content (AvgIpc) is 3.02. The molecule has 1 aliphatic rings. The molecule has 4 heteroatoms. The van der Waals surface area contributed by atoms with Gasteiger partial charge in [-0.15, -0.1) is 0 Å². The zero-order valence-corrected chi connectivity index (χ0v) is 13.8. The van der Waals surface area contributed by atoms with Gasteiger partial charge < -0.3 is 5.32 Å². The van der Waals surface area contributed by atoms with Crippen LogP contribution in [0.15, 0.2) is 0 Å². The quantitative estimate of drug-likeness (QED) is 0.777. The molecule has 0 saturated heterocycles. The van der Waals surface area contributed by atoms with Gasteiger partial charge in [0.1, 0.15) is 0 Å². The summed E-state index contributed by atoms with van der Waals surface area (Å²) in [6.45, 7) is 6.44. The molecule has 0 aliphatic heterocycles. The molecule has 1 saturated carbocycles. The maximum absolute atomic E-state index is 6.42. The minimum atomic E-state index is 0.691. The monoisotopic (exact) mass is 297 g/mol. The molecule has 0 spiro atoms. The van der Waals surface area contributed by atoms with Gasteiger partial charge in [0.25, 0.3) is 0 Å². The van der Waals surface area contributed by atoms with Gasteiger partial charge in [0, 0.05) is 7.05 Å². The van der Waals surface area contributed by atoms with E-state index in [1.54, 1.807) is 0 Å². The normalized spacial score (nSPS) is 17.8. The molecule has 0 radical (unpaired) electrons. The van der Waals surface area contributed by atoms with Gasteiger partial charge in [-0.05, 0) is 44.7 Å². The Bertz CT molecular complexity index is 422. The number of hydrogen-bond donors (Lipinski definition) is 1. The van der Waals surface area contributed by atoms with Crippen LogP contribution in [0.25, 0.3) is 0 Å². The maximum atomic E-state index is 6.42. The molecule has 1 fully saturated rings. The lowest BCUT2D eigenvalue weighted by atomic mass is 9.87. The molecule has 1 heterocycles. The summed E-state index contributed by atoms with van der Waals surface area (Å²) in [4.78, 5) is 0. The van der Waals surface area contributed by atoms with Crippen LogP contribution in [-0.2, 0) is 13.5 Å². The molecule has 2 rings (SSSR count). The van der Waals surface area contributed by atoms with Gasteiger partial charge in [-0.3, -0.25) is 4.68 Å². The minimum Gasteiger partial charge on any atom is -0.316 e. The molecule has 1 N–H and O–H groups in total. The molecule has 1 aliphatic carbocycles. The summed E-state index contributed by atoms with van der Waals surface area (Å²) in [7, 11) is 2.01. The van der Waals surface area contributed by atoms with Crippen LogP contribution in [0.1, 0.15) is 50.4 Å². The van der Waals surface area contributed by atoms with E-state index in [0.717, 1.165) is 36.1 Å². The first kappa shape index (κ1) is 15.8. The molecule has 20 heavy (non-hydrogen) atoms. The van der Waals surface area contributed by atoms with Gasteiger partial charge in [0.05, 0.1) is 16.4 Å². The van der Waals surface area contributed by atoms with Gasteiger partial charge in [0.2, 0.25) is 0 Å². The van der Waals surface area contributed by atoms with E-state index in [-0.39, 0.29) is 0 Å². The van der Waals surface area contributed by atoms with E-state index in [0.29, 0.717) is 5.92 Å².